The van der Waals surface area contributed by atoms with Crippen molar-refractivity contribution in [1.29, 1.82) is 0 Å². The summed E-state index contributed by atoms with van der Waals surface area (Å²) in [6, 6.07) is 9.29. The highest BCUT2D eigenvalue weighted by atomic mass is 19.1. The molecule has 5 nitrogen and oxygen atoms in total. The van der Waals surface area contributed by atoms with Gasteiger partial charge in [-0.05, 0) is 29.8 Å². The Morgan fingerprint density at radius 1 is 1.17 bits per heavy atom. The average molecular weight is 317 g/mol. The number of benzene rings is 1. The van der Waals surface area contributed by atoms with E-state index >= 15 is 0 Å². The number of rotatable bonds is 5. The van der Waals surface area contributed by atoms with Crippen molar-refractivity contribution in [2.75, 3.05) is 26.2 Å². The molecular weight excluding hydrogens is 297 g/mol. The van der Waals surface area contributed by atoms with Crippen LogP contribution in [0.3, 0.4) is 0 Å². The molecule has 2 N–H and O–H groups in total. The first-order valence-electron chi connectivity index (χ1n) is 7.67. The molecule has 2 aromatic rings. The third-order valence-electron chi connectivity index (χ3n) is 4.19. The molecule has 122 valence electrons. The summed E-state index contributed by atoms with van der Waals surface area (Å²) in [7, 11) is 0. The van der Waals surface area contributed by atoms with Crippen LogP contribution in [-0.2, 0) is 11.3 Å². The Morgan fingerprint density at radius 2 is 1.87 bits per heavy atom. The van der Waals surface area contributed by atoms with Gasteiger partial charge in [0.15, 0.2) is 0 Å². The molecule has 23 heavy (non-hydrogen) atoms. The van der Waals surface area contributed by atoms with E-state index in [0.717, 1.165) is 44.0 Å². The summed E-state index contributed by atoms with van der Waals surface area (Å²) < 4.78 is 18.4. The van der Waals surface area contributed by atoms with Crippen LogP contribution in [0, 0.1) is 5.82 Å². The van der Waals surface area contributed by atoms with Gasteiger partial charge in [-0.25, -0.2) is 4.39 Å². The molecule has 1 amide bonds. The number of amides is 1. The molecule has 0 aliphatic carbocycles. The van der Waals surface area contributed by atoms with Gasteiger partial charge in [-0.1, -0.05) is 12.1 Å². The number of piperazine rings is 1. The predicted octanol–water partition coefficient (Wildman–Crippen LogP) is 1.76. The van der Waals surface area contributed by atoms with E-state index in [-0.39, 0.29) is 5.82 Å². The number of halogens is 1. The largest absolute Gasteiger partial charge is 0.468 e. The van der Waals surface area contributed by atoms with E-state index in [1.54, 1.807) is 18.4 Å². The van der Waals surface area contributed by atoms with E-state index in [1.165, 1.54) is 12.1 Å². The van der Waals surface area contributed by atoms with Crippen molar-refractivity contribution >= 4 is 5.91 Å². The molecule has 1 aromatic carbocycles. The Morgan fingerprint density at radius 3 is 2.43 bits per heavy atom. The fraction of sp³-hybridized carbons (Fsp3) is 0.353. The van der Waals surface area contributed by atoms with Crippen molar-refractivity contribution in [3.8, 4) is 0 Å². The maximum absolute atomic E-state index is 13.1. The van der Waals surface area contributed by atoms with E-state index < -0.39 is 11.9 Å². The van der Waals surface area contributed by atoms with Crippen LogP contribution >= 0.6 is 0 Å². The number of hydrogen-bond donors (Lipinski definition) is 1. The zero-order chi connectivity index (χ0) is 16.2. The third-order valence-corrected chi connectivity index (χ3v) is 4.19. The van der Waals surface area contributed by atoms with Crippen molar-refractivity contribution in [1.82, 2.24) is 9.80 Å². The summed E-state index contributed by atoms with van der Waals surface area (Å²) in [6.45, 7) is 3.87. The van der Waals surface area contributed by atoms with Gasteiger partial charge in [0.1, 0.15) is 17.6 Å². The summed E-state index contributed by atoms with van der Waals surface area (Å²) in [5.74, 6) is 0.208. The fourth-order valence-electron chi connectivity index (χ4n) is 3.00. The summed E-state index contributed by atoms with van der Waals surface area (Å²) >= 11 is 0. The van der Waals surface area contributed by atoms with Crippen LogP contribution in [0.5, 0.6) is 0 Å². The van der Waals surface area contributed by atoms with Gasteiger partial charge in [0, 0.05) is 26.2 Å². The number of carbonyl (C=O) groups is 1. The predicted molar refractivity (Wildman–Crippen MR) is 83.9 cm³/mol. The maximum atomic E-state index is 13.1. The summed E-state index contributed by atoms with van der Waals surface area (Å²) in [6.07, 6.45) is 1.67. The number of carbonyl (C=O) groups excluding carboxylic acids is 1. The topological polar surface area (TPSA) is 62.7 Å². The lowest BCUT2D eigenvalue weighted by Gasteiger charge is -2.37. The first-order chi connectivity index (χ1) is 11.1. The Bertz CT molecular complexity index is 634. The second kappa shape index (κ2) is 6.93. The van der Waals surface area contributed by atoms with Crippen molar-refractivity contribution < 1.29 is 13.6 Å². The van der Waals surface area contributed by atoms with Gasteiger partial charge in [0.25, 0.3) is 0 Å². The molecule has 0 unspecified atom stereocenters. The number of primary amides is 1. The van der Waals surface area contributed by atoms with E-state index in [4.69, 9.17) is 10.2 Å². The second-order valence-electron chi connectivity index (χ2n) is 5.75. The van der Waals surface area contributed by atoms with Crippen LogP contribution in [0.25, 0.3) is 0 Å². The SMILES string of the molecule is NC(=O)[C@H](c1ccc(F)cc1)N1CCN(Cc2ccco2)CC1. The molecule has 2 heterocycles. The summed E-state index contributed by atoms with van der Waals surface area (Å²) in [4.78, 5) is 16.2. The lowest BCUT2D eigenvalue weighted by molar-refractivity contribution is -0.124. The molecule has 1 saturated heterocycles. The van der Waals surface area contributed by atoms with Crippen LogP contribution in [-0.4, -0.2) is 41.9 Å². The normalized spacial score (nSPS) is 18.0. The highest BCUT2D eigenvalue weighted by molar-refractivity contribution is 5.81. The molecule has 1 fully saturated rings. The van der Waals surface area contributed by atoms with Crippen LogP contribution in [0.1, 0.15) is 17.4 Å². The van der Waals surface area contributed by atoms with Crippen molar-refractivity contribution in [3.63, 3.8) is 0 Å². The van der Waals surface area contributed by atoms with E-state index in [0.29, 0.717) is 0 Å². The Hall–Kier alpha value is -2.18. The molecule has 3 rings (SSSR count). The maximum Gasteiger partial charge on any atom is 0.239 e. The van der Waals surface area contributed by atoms with Gasteiger partial charge in [-0.3, -0.25) is 14.6 Å². The Balaban J connectivity index is 1.64. The van der Waals surface area contributed by atoms with Crippen molar-refractivity contribution in [3.05, 3.63) is 59.8 Å². The van der Waals surface area contributed by atoms with Crippen LogP contribution < -0.4 is 5.73 Å². The number of nitrogens with zero attached hydrogens (tertiary/aromatic N) is 2. The standard InChI is InChI=1S/C17H20FN3O2/c18-14-5-3-13(4-6-14)16(17(19)22)21-9-7-20(8-10-21)12-15-2-1-11-23-15/h1-6,11,16H,7-10,12H2,(H2,19,22)/t16-/m0/s1. The van der Waals surface area contributed by atoms with Gasteiger partial charge < -0.3 is 10.2 Å². The molecule has 1 aromatic heterocycles. The van der Waals surface area contributed by atoms with E-state index in [1.807, 2.05) is 17.0 Å². The summed E-state index contributed by atoms with van der Waals surface area (Å²) in [5.41, 5.74) is 6.31. The minimum atomic E-state index is -0.513. The van der Waals surface area contributed by atoms with Gasteiger partial charge >= 0.3 is 0 Å². The monoisotopic (exact) mass is 317 g/mol. The van der Waals surface area contributed by atoms with E-state index in [9.17, 15) is 9.18 Å². The first-order valence-corrected chi connectivity index (χ1v) is 7.67. The molecule has 0 radical (unpaired) electrons. The van der Waals surface area contributed by atoms with Gasteiger partial charge in [-0.15, -0.1) is 0 Å². The zero-order valence-electron chi connectivity index (χ0n) is 12.8. The van der Waals surface area contributed by atoms with E-state index in [2.05, 4.69) is 4.90 Å². The molecule has 1 aliphatic heterocycles. The smallest absolute Gasteiger partial charge is 0.239 e. The van der Waals surface area contributed by atoms with Crippen LogP contribution in [0.2, 0.25) is 0 Å². The molecule has 1 aliphatic rings. The van der Waals surface area contributed by atoms with Crippen molar-refractivity contribution in [2.24, 2.45) is 5.73 Å². The minimum absolute atomic E-state index is 0.319. The van der Waals surface area contributed by atoms with Gasteiger partial charge in [0.2, 0.25) is 5.91 Å². The molecule has 0 bridgehead atoms. The molecule has 0 saturated carbocycles. The molecule has 1 atom stereocenters. The highest BCUT2D eigenvalue weighted by Gasteiger charge is 2.29. The van der Waals surface area contributed by atoms with Crippen LogP contribution in [0.4, 0.5) is 4.39 Å². The molecular formula is C17H20FN3O2. The zero-order valence-corrected chi connectivity index (χ0v) is 12.8. The average Bonchev–Trinajstić information content (AvgIpc) is 3.04. The first kappa shape index (κ1) is 15.7. The third kappa shape index (κ3) is 3.78. The lowest BCUT2D eigenvalue weighted by atomic mass is 10.0. The number of hydrogen-bond acceptors (Lipinski definition) is 4. The summed E-state index contributed by atoms with van der Waals surface area (Å²) in [5, 5.41) is 0. The quantitative estimate of drug-likeness (QED) is 0.913. The highest BCUT2D eigenvalue weighted by Crippen LogP contribution is 2.23. The lowest BCUT2D eigenvalue weighted by Crippen LogP contribution is -2.49. The van der Waals surface area contributed by atoms with Crippen molar-refractivity contribution in [2.45, 2.75) is 12.6 Å². The van der Waals surface area contributed by atoms with Crippen LogP contribution in [0.15, 0.2) is 47.1 Å². The second-order valence-corrected chi connectivity index (χ2v) is 5.75. The fourth-order valence-corrected chi connectivity index (χ4v) is 3.00. The molecule has 6 heteroatoms. The number of furan rings is 1. The Labute approximate surface area is 134 Å². The minimum Gasteiger partial charge on any atom is -0.468 e. The number of nitrogens with two attached hydrogens (primary N) is 1. The van der Waals surface area contributed by atoms with Gasteiger partial charge in [0.05, 0.1) is 12.8 Å². The molecule has 0 spiro atoms. The Kier molecular flexibility index (Phi) is 4.73. The van der Waals surface area contributed by atoms with Gasteiger partial charge in [-0.2, -0.15) is 0 Å².